The van der Waals surface area contributed by atoms with Gasteiger partial charge in [-0.05, 0) is 52.3 Å². The number of alkyl halides is 1. The molecule has 2 aromatic rings. The molecule has 0 bridgehead atoms. The van der Waals surface area contributed by atoms with Crippen LogP contribution in [0.3, 0.4) is 0 Å². The highest BCUT2D eigenvalue weighted by molar-refractivity contribution is 6.21. The first-order chi connectivity index (χ1) is 10.7. The molecule has 3 atom stereocenters. The molecule has 0 amide bonds. The average molecular weight is 331 g/mol. The molecule has 0 fully saturated rings. The molecule has 124 valence electrons. The number of phenolic OH excluding ortho intramolecular Hbond substituents is 1. The molecule has 2 heteroatoms. The zero-order valence-corrected chi connectivity index (χ0v) is 15.5. The Morgan fingerprint density at radius 2 is 1.91 bits per heavy atom. The highest BCUT2D eigenvalue weighted by Crippen LogP contribution is 2.50. The van der Waals surface area contributed by atoms with E-state index in [9.17, 15) is 5.11 Å². The standard InChI is InChI=1S/C21H27ClO/c1-6-18(22)17-9-12(2)15-11-19(23)14-8-7-13(21(3,4)5)10-16(14)20(15)17/h7-8,10-12,17-18,23H,6,9H2,1-5H3. The van der Waals surface area contributed by atoms with Gasteiger partial charge in [0.05, 0.1) is 0 Å². The lowest BCUT2D eigenvalue weighted by atomic mass is 9.83. The van der Waals surface area contributed by atoms with Gasteiger partial charge in [0.15, 0.2) is 0 Å². The van der Waals surface area contributed by atoms with E-state index in [1.165, 1.54) is 22.1 Å². The number of aromatic hydroxyl groups is 1. The first kappa shape index (κ1) is 16.6. The Hall–Kier alpha value is -1.21. The van der Waals surface area contributed by atoms with Crippen molar-refractivity contribution in [2.24, 2.45) is 0 Å². The molecule has 0 saturated carbocycles. The van der Waals surface area contributed by atoms with E-state index >= 15 is 0 Å². The van der Waals surface area contributed by atoms with E-state index in [2.05, 4.69) is 52.8 Å². The predicted octanol–water partition coefficient (Wildman–Crippen LogP) is 6.45. The number of phenols is 1. The fourth-order valence-corrected chi connectivity index (χ4v) is 4.20. The Bertz CT molecular complexity index is 742. The summed E-state index contributed by atoms with van der Waals surface area (Å²) in [6, 6.07) is 8.46. The van der Waals surface area contributed by atoms with Crippen molar-refractivity contribution in [1.82, 2.24) is 0 Å². The van der Waals surface area contributed by atoms with Crippen LogP contribution in [0, 0.1) is 0 Å². The van der Waals surface area contributed by atoms with E-state index < -0.39 is 0 Å². The van der Waals surface area contributed by atoms with Crippen molar-refractivity contribution in [2.75, 3.05) is 0 Å². The summed E-state index contributed by atoms with van der Waals surface area (Å²) in [6.45, 7) is 11.1. The molecule has 0 aromatic heterocycles. The molecule has 1 nitrogen and oxygen atoms in total. The second-order valence-corrected chi connectivity index (χ2v) is 8.64. The molecule has 1 aliphatic rings. The summed E-state index contributed by atoms with van der Waals surface area (Å²) in [5.74, 6) is 1.23. The van der Waals surface area contributed by atoms with Crippen molar-refractivity contribution in [1.29, 1.82) is 0 Å². The lowest BCUT2D eigenvalue weighted by molar-refractivity contribution is 0.480. The number of rotatable bonds is 2. The van der Waals surface area contributed by atoms with E-state index in [1.54, 1.807) is 0 Å². The van der Waals surface area contributed by atoms with Gasteiger partial charge in [-0.25, -0.2) is 0 Å². The number of benzene rings is 2. The van der Waals surface area contributed by atoms with Gasteiger partial charge in [0.1, 0.15) is 5.75 Å². The summed E-state index contributed by atoms with van der Waals surface area (Å²) in [7, 11) is 0. The SMILES string of the molecule is CCC(Cl)C1CC(C)c2cc(O)c3ccc(C(C)(C)C)cc3c21. The smallest absolute Gasteiger partial charge is 0.123 e. The molecule has 0 aliphatic heterocycles. The second-order valence-electron chi connectivity index (χ2n) is 8.08. The zero-order chi connectivity index (χ0) is 16.9. The third-order valence-electron chi connectivity index (χ3n) is 5.39. The van der Waals surface area contributed by atoms with E-state index in [0.717, 1.165) is 18.2 Å². The molecule has 0 saturated heterocycles. The van der Waals surface area contributed by atoms with Crippen LogP contribution < -0.4 is 0 Å². The van der Waals surface area contributed by atoms with Crippen LogP contribution in [-0.2, 0) is 5.41 Å². The van der Waals surface area contributed by atoms with Gasteiger partial charge in [0.2, 0.25) is 0 Å². The summed E-state index contributed by atoms with van der Waals surface area (Å²) in [5, 5.41) is 12.8. The minimum absolute atomic E-state index is 0.0946. The fourth-order valence-electron chi connectivity index (χ4n) is 3.98. The molecule has 0 heterocycles. The zero-order valence-electron chi connectivity index (χ0n) is 14.8. The van der Waals surface area contributed by atoms with E-state index in [0.29, 0.717) is 17.6 Å². The molecular weight excluding hydrogens is 304 g/mol. The molecule has 3 rings (SSSR count). The largest absolute Gasteiger partial charge is 0.507 e. The Balaban J connectivity index is 2.31. The second kappa shape index (κ2) is 5.70. The third kappa shape index (κ3) is 2.74. The maximum atomic E-state index is 10.5. The Labute approximate surface area is 144 Å². The number of hydrogen-bond acceptors (Lipinski definition) is 1. The highest BCUT2D eigenvalue weighted by Gasteiger charge is 2.34. The number of hydrogen-bond donors (Lipinski definition) is 1. The number of fused-ring (bicyclic) bond motifs is 3. The van der Waals surface area contributed by atoms with Gasteiger partial charge in [-0.1, -0.05) is 52.8 Å². The minimum atomic E-state index is 0.0946. The van der Waals surface area contributed by atoms with Crippen molar-refractivity contribution in [2.45, 2.75) is 70.1 Å². The van der Waals surface area contributed by atoms with Crippen LogP contribution in [0.25, 0.3) is 10.8 Å². The van der Waals surface area contributed by atoms with Crippen LogP contribution in [0.1, 0.15) is 76.0 Å². The molecular formula is C21H27ClO. The predicted molar refractivity (Wildman–Crippen MR) is 100 cm³/mol. The quantitative estimate of drug-likeness (QED) is 0.627. The van der Waals surface area contributed by atoms with Crippen molar-refractivity contribution in [3.8, 4) is 5.75 Å². The average Bonchev–Trinajstić information content (AvgIpc) is 2.82. The normalized spacial score (nSPS) is 22.3. The maximum absolute atomic E-state index is 10.5. The van der Waals surface area contributed by atoms with E-state index in [1.807, 2.05) is 6.07 Å². The summed E-state index contributed by atoms with van der Waals surface area (Å²) >= 11 is 6.67. The van der Waals surface area contributed by atoms with Crippen molar-refractivity contribution in [3.05, 3.63) is 41.0 Å². The van der Waals surface area contributed by atoms with Crippen LogP contribution in [0.15, 0.2) is 24.3 Å². The first-order valence-corrected chi connectivity index (χ1v) is 9.11. The Morgan fingerprint density at radius 3 is 2.52 bits per heavy atom. The summed E-state index contributed by atoms with van der Waals surface area (Å²) in [6.07, 6.45) is 2.05. The van der Waals surface area contributed by atoms with Crippen LogP contribution in [0.4, 0.5) is 0 Å². The molecule has 23 heavy (non-hydrogen) atoms. The van der Waals surface area contributed by atoms with Crippen molar-refractivity contribution in [3.63, 3.8) is 0 Å². The lowest BCUT2D eigenvalue weighted by Crippen LogP contribution is -2.12. The topological polar surface area (TPSA) is 20.2 Å². The van der Waals surface area contributed by atoms with Crippen molar-refractivity contribution < 1.29 is 5.11 Å². The molecule has 0 radical (unpaired) electrons. The summed E-state index contributed by atoms with van der Waals surface area (Å²) < 4.78 is 0. The molecule has 1 aliphatic carbocycles. The van der Waals surface area contributed by atoms with E-state index in [4.69, 9.17) is 11.6 Å². The summed E-state index contributed by atoms with van der Waals surface area (Å²) in [4.78, 5) is 0. The molecule has 3 unspecified atom stereocenters. The first-order valence-electron chi connectivity index (χ1n) is 8.68. The van der Waals surface area contributed by atoms with Gasteiger partial charge in [-0.3, -0.25) is 0 Å². The van der Waals surface area contributed by atoms with Crippen molar-refractivity contribution >= 4 is 22.4 Å². The van der Waals surface area contributed by atoms with Gasteiger partial charge in [0.25, 0.3) is 0 Å². The molecule has 1 N–H and O–H groups in total. The van der Waals surface area contributed by atoms with Crippen LogP contribution in [0.5, 0.6) is 5.75 Å². The van der Waals surface area contributed by atoms with Crippen LogP contribution in [-0.4, -0.2) is 10.5 Å². The monoisotopic (exact) mass is 330 g/mol. The molecule has 0 spiro atoms. The van der Waals surface area contributed by atoms with E-state index in [-0.39, 0.29) is 10.8 Å². The highest BCUT2D eigenvalue weighted by atomic mass is 35.5. The summed E-state index contributed by atoms with van der Waals surface area (Å²) in [5.41, 5.74) is 4.05. The van der Waals surface area contributed by atoms with Crippen LogP contribution >= 0.6 is 11.6 Å². The lowest BCUT2D eigenvalue weighted by Gasteiger charge is -2.23. The van der Waals surface area contributed by atoms with Gasteiger partial charge >= 0.3 is 0 Å². The minimum Gasteiger partial charge on any atom is -0.507 e. The van der Waals surface area contributed by atoms with Gasteiger partial charge in [-0.2, -0.15) is 0 Å². The maximum Gasteiger partial charge on any atom is 0.123 e. The van der Waals surface area contributed by atoms with Crippen LogP contribution in [0.2, 0.25) is 0 Å². The Kier molecular flexibility index (Phi) is 4.13. The number of halogens is 1. The van der Waals surface area contributed by atoms with Gasteiger partial charge in [0, 0.05) is 16.7 Å². The Morgan fingerprint density at radius 1 is 1.22 bits per heavy atom. The fraction of sp³-hybridized carbons (Fsp3) is 0.524. The van der Waals surface area contributed by atoms with Gasteiger partial charge in [-0.15, -0.1) is 11.6 Å². The molecule has 2 aromatic carbocycles. The van der Waals surface area contributed by atoms with Gasteiger partial charge < -0.3 is 5.11 Å². The third-order valence-corrected chi connectivity index (χ3v) is 6.00.